The predicted molar refractivity (Wildman–Crippen MR) is 88.8 cm³/mol. The largest absolute Gasteiger partial charge is 0.339 e. The highest BCUT2D eigenvalue weighted by Gasteiger charge is 2.41. The molecule has 1 aliphatic carbocycles. The number of carbonyl (C=O) groups excluding carboxylic acids is 2. The van der Waals surface area contributed by atoms with Crippen LogP contribution in [0.4, 0.5) is 0 Å². The van der Waals surface area contributed by atoms with E-state index in [0.717, 1.165) is 31.6 Å². The molecule has 0 spiro atoms. The summed E-state index contributed by atoms with van der Waals surface area (Å²) in [4.78, 5) is 31.2. The van der Waals surface area contributed by atoms with Crippen LogP contribution in [0.1, 0.15) is 50.6 Å². The van der Waals surface area contributed by atoms with E-state index >= 15 is 0 Å². The van der Waals surface area contributed by atoms with Crippen molar-refractivity contribution in [3.8, 4) is 6.07 Å². The SMILES string of the molecule is CC1CCC(N2CC(C(=O)C(C#N)c3ccccn3)CC2=O)CC1. The van der Waals surface area contributed by atoms with Gasteiger partial charge >= 0.3 is 0 Å². The first kappa shape index (κ1) is 16.6. The summed E-state index contributed by atoms with van der Waals surface area (Å²) in [5.41, 5.74) is 0.474. The van der Waals surface area contributed by atoms with Crippen molar-refractivity contribution in [2.24, 2.45) is 11.8 Å². The van der Waals surface area contributed by atoms with Crippen LogP contribution in [0.15, 0.2) is 24.4 Å². The summed E-state index contributed by atoms with van der Waals surface area (Å²) < 4.78 is 0. The van der Waals surface area contributed by atoms with Gasteiger partial charge in [0.2, 0.25) is 5.91 Å². The van der Waals surface area contributed by atoms with Crippen molar-refractivity contribution < 1.29 is 9.59 Å². The van der Waals surface area contributed by atoms with Crippen molar-refractivity contribution >= 4 is 11.7 Å². The molecule has 2 unspecified atom stereocenters. The first-order valence-corrected chi connectivity index (χ1v) is 8.74. The minimum atomic E-state index is -0.879. The number of nitrogens with zero attached hydrogens (tertiary/aromatic N) is 3. The van der Waals surface area contributed by atoms with Crippen molar-refractivity contribution in [2.75, 3.05) is 6.54 Å². The fraction of sp³-hybridized carbons (Fsp3) is 0.579. The number of hydrogen-bond acceptors (Lipinski definition) is 4. The number of hydrogen-bond donors (Lipinski definition) is 0. The molecule has 24 heavy (non-hydrogen) atoms. The maximum absolute atomic E-state index is 12.8. The lowest BCUT2D eigenvalue weighted by molar-refractivity contribution is -0.130. The Morgan fingerprint density at radius 3 is 2.71 bits per heavy atom. The summed E-state index contributed by atoms with van der Waals surface area (Å²) in [6.07, 6.45) is 6.15. The van der Waals surface area contributed by atoms with Crippen LogP contribution in [-0.2, 0) is 9.59 Å². The molecule has 0 radical (unpaired) electrons. The maximum atomic E-state index is 12.8. The summed E-state index contributed by atoms with van der Waals surface area (Å²) in [6, 6.07) is 7.56. The zero-order valence-electron chi connectivity index (χ0n) is 14.0. The molecule has 5 nitrogen and oxygen atoms in total. The van der Waals surface area contributed by atoms with E-state index in [0.29, 0.717) is 12.2 Å². The second-order valence-corrected chi connectivity index (χ2v) is 7.08. The zero-order valence-corrected chi connectivity index (χ0v) is 14.0. The minimum absolute atomic E-state index is 0.0608. The van der Waals surface area contributed by atoms with E-state index in [1.54, 1.807) is 24.4 Å². The average molecular weight is 325 g/mol. The van der Waals surface area contributed by atoms with Gasteiger partial charge in [-0.25, -0.2) is 0 Å². The molecule has 126 valence electrons. The molecule has 1 aromatic rings. The van der Waals surface area contributed by atoms with E-state index in [1.807, 2.05) is 4.90 Å². The van der Waals surface area contributed by atoms with Crippen molar-refractivity contribution in [3.63, 3.8) is 0 Å². The zero-order chi connectivity index (χ0) is 17.1. The Morgan fingerprint density at radius 2 is 2.08 bits per heavy atom. The van der Waals surface area contributed by atoms with Gasteiger partial charge in [0.05, 0.1) is 11.8 Å². The Hall–Kier alpha value is -2.22. The Labute approximate surface area is 142 Å². The number of carbonyl (C=O) groups is 2. The highest BCUT2D eigenvalue weighted by atomic mass is 16.2. The van der Waals surface area contributed by atoms with E-state index < -0.39 is 5.92 Å². The molecule has 0 N–H and O–H groups in total. The van der Waals surface area contributed by atoms with Crippen LogP contribution in [-0.4, -0.2) is 34.2 Å². The topological polar surface area (TPSA) is 74.1 Å². The lowest BCUT2D eigenvalue weighted by Gasteiger charge is -2.33. The van der Waals surface area contributed by atoms with Gasteiger partial charge in [0.15, 0.2) is 5.78 Å². The maximum Gasteiger partial charge on any atom is 0.223 e. The van der Waals surface area contributed by atoms with Crippen LogP contribution in [0, 0.1) is 23.2 Å². The summed E-state index contributed by atoms with van der Waals surface area (Å²) in [6.45, 7) is 2.71. The fourth-order valence-corrected chi connectivity index (χ4v) is 3.89. The van der Waals surface area contributed by atoms with Crippen LogP contribution in [0.2, 0.25) is 0 Å². The van der Waals surface area contributed by atoms with Crippen molar-refractivity contribution in [1.29, 1.82) is 5.26 Å². The highest BCUT2D eigenvalue weighted by Crippen LogP contribution is 2.33. The van der Waals surface area contributed by atoms with Crippen molar-refractivity contribution in [2.45, 2.75) is 51.0 Å². The Balaban J connectivity index is 1.68. The van der Waals surface area contributed by atoms with E-state index in [4.69, 9.17) is 0 Å². The number of rotatable bonds is 4. The molecular weight excluding hydrogens is 302 g/mol. The first-order chi connectivity index (χ1) is 11.6. The highest BCUT2D eigenvalue weighted by molar-refractivity contribution is 5.95. The summed E-state index contributed by atoms with van der Waals surface area (Å²) in [7, 11) is 0. The quantitative estimate of drug-likeness (QED) is 0.853. The Morgan fingerprint density at radius 1 is 1.33 bits per heavy atom. The molecule has 1 saturated heterocycles. The van der Waals surface area contributed by atoms with Gasteiger partial charge in [0, 0.05) is 31.1 Å². The number of nitriles is 1. The van der Waals surface area contributed by atoms with Crippen molar-refractivity contribution in [3.05, 3.63) is 30.1 Å². The third-order valence-corrected chi connectivity index (χ3v) is 5.38. The van der Waals surface area contributed by atoms with Gasteiger partial charge < -0.3 is 4.90 Å². The molecule has 0 bridgehead atoms. The van der Waals surface area contributed by atoms with Gasteiger partial charge in [-0.2, -0.15) is 5.26 Å². The van der Waals surface area contributed by atoms with Gasteiger partial charge in [-0.05, 0) is 43.7 Å². The van der Waals surface area contributed by atoms with Crippen LogP contribution in [0.5, 0.6) is 0 Å². The molecular formula is C19H23N3O2. The number of ketones is 1. The standard InChI is InChI=1S/C19H23N3O2/c1-13-5-7-15(8-6-13)22-12-14(10-18(22)23)19(24)16(11-20)17-4-2-3-9-21-17/h2-4,9,13-16H,5-8,10,12H2,1H3. The smallest absolute Gasteiger partial charge is 0.223 e. The van der Waals surface area contributed by atoms with Crippen LogP contribution < -0.4 is 0 Å². The molecule has 1 amide bonds. The third kappa shape index (κ3) is 3.33. The normalized spacial score (nSPS) is 28.4. The second-order valence-electron chi connectivity index (χ2n) is 7.08. The van der Waals surface area contributed by atoms with Gasteiger partial charge in [-0.3, -0.25) is 14.6 Å². The molecule has 3 rings (SSSR count). The van der Waals surface area contributed by atoms with E-state index in [1.165, 1.54) is 0 Å². The van der Waals surface area contributed by atoms with E-state index in [2.05, 4.69) is 18.0 Å². The fourth-order valence-electron chi connectivity index (χ4n) is 3.89. The molecule has 2 atom stereocenters. The number of amides is 1. The van der Waals surface area contributed by atoms with E-state index in [9.17, 15) is 14.9 Å². The van der Waals surface area contributed by atoms with Gasteiger partial charge in [-0.15, -0.1) is 0 Å². The predicted octanol–water partition coefficient (Wildman–Crippen LogP) is 2.69. The van der Waals surface area contributed by atoms with Gasteiger partial charge in [0.25, 0.3) is 0 Å². The molecule has 2 fully saturated rings. The summed E-state index contributed by atoms with van der Waals surface area (Å²) >= 11 is 0. The van der Waals surface area contributed by atoms with Crippen molar-refractivity contribution in [1.82, 2.24) is 9.88 Å². The molecule has 2 heterocycles. The van der Waals surface area contributed by atoms with Gasteiger partial charge in [0.1, 0.15) is 5.92 Å². The van der Waals surface area contributed by atoms with E-state index in [-0.39, 0.29) is 30.1 Å². The lowest BCUT2D eigenvalue weighted by atomic mass is 9.86. The molecule has 1 aromatic heterocycles. The number of aromatic nitrogens is 1. The van der Waals surface area contributed by atoms with Crippen LogP contribution >= 0.6 is 0 Å². The van der Waals surface area contributed by atoms with Crippen LogP contribution in [0.25, 0.3) is 0 Å². The third-order valence-electron chi connectivity index (χ3n) is 5.38. The van der Waals surface area contributed by atoms with Gasteiger partial charge in [-0.1, -0.05) is 13.0 Å². The molecule has 0 aromatic carbocycles. The molecule has 2 aliphatic rings. The number of Topliss-reactive ketones (excluding diaryl/α,β-unsaturated/α-hetero) is 1. The first-order valence-electron chi connectivity index (χ1n) is 8.74. The monoisotopic (exact) mass is 325 g/mol. The minimum Gasteiger partial charge on any atom is -0.339 e. The Kier molecular flexibility index (Phi) is 4.94. The lowest BCUT2D eigenvalue weighted by Crippen LogP contribution is -2.39. The summed E-state index contributed by atoms with van der Waals surface area (Å²) in [5, 5.41) is 9.41. The Bertz CT molecular complexity index is 644. The van der Waals surface area contributed by atoms with Crippen LogP contribution in [0.3, 0.4) is 0 Å². The number of likely N-dealkylation sites (tertiary alicyclic amines) is 1. The molecule has 5 heteroatoms. The number of pyridine rings is 1. The summed E-state index contributed by atoms with van der Waals surface area (Å²) in [5.74, 6) is -0.649. The molecule has 1 aliphatic heterocycles. The second kappa shape index (κ2) is 7.12. The average Bonchev–Trinajstić information content (AvgIpc) is 2.99. The molecule has 1 saturated carbocycles.